The molecule has 0 unspecified atom stereocenters. The van der Waals surface area contributed by atoms with Crippen molar-refractivity contribution in [3.63, 3.8) is 0 Å². The Hall–Kier alpha value is -2.82. The van der Waals surface area contributed by atoms with Crippen molar-refractivity contribution in [1.29, 1.82) is 0 Å². The summed E-state index contributed by atoms with van der Waals surface area (Å²) in [5, 5.41) is 2.97. The van der Waals surface area contributed by atoms with Crippen LogP contribution < -0.4 is 5.32 Å². The van der Waals surface area contributed by atoms with Crippen molar-refractivity contribution < 1.29 is 9.59 Å². The molecule has 1 aliphatic rings. The van der Waals surface area contributed by atoms with Crippen LogP contribution in [0.1, 0.15) is 33.5 Å². The number of rotatable bonds is 3. The molecule has 142 valence electrons. The van der Waals surface area contributed by atoms with E-state index < -0.39 is 0 Å². The first-order valence-electron chi connectivity index (χ1n) is 9.48. The van der Waals surface area contributed by atoms with E-state index in [9.17, 15) is 9.59 Å². The van der Waals surface area contributed by atoms with Gasteiger partial charge in [-0.3, -0.25) is 4.79 Å². The molecule has 0 spiro atoms. The van der Waals surface area contributed by atoms with Crippen LogP contribution in [0.4, 0.5) is 4.79 Å². The molecule has 0 radical (unpaired) electrons. The van der Waals surface area contributed by atoms with E-state index in [4.69, 9.17) is 0 Å². The highest BCUT2D eigenvalue weighted by atomic mass is 16.2. The highest BCUT2D eigenvalue weighted by molar-refractivity contribution is 5.95. The van der Waals surface area contributed by atoms with E-state index >= 15 is 0 Å². The van der Waals surface area contributed by atoms with Crippen molar-refractivity contribution in [2.24, 2.45) is 0 Å². The summed E-state index contributed by atoms with van der Waals surface area (Å²) < 4.78 is 0. The second-order valence-electron chi connectivity index (χ2n) is 7.10. The molecule has 0 saturated carbocycles. The number of hydrogen-bond acceptors (Lipinski definition) is 2. The topological polar surface area (TPSA) is 52.7 Å². The van der Waals surface area contributed by atoms with Crippen LogP contribution in [0.15, 0.2) is 48.5 Å². The Bertz CT molecular complexity index is 804. The van der Waals surface area contributed by atoms with Crippen molar-refractivity contribution in [2.75, 3.05) is 26.2 Å². The molecule has 0 aliphatic carbocycles. The maximum Gasteiger partial charge on any atom is 0.317 e. The minimum Gasteiger partial charge on any atom is -0.337 e. The Labute approximate surface area is 161 Å². The van der Waals surface area contributed by atoms with Gasteiger partial charge in [-0.1, -0.05) is 48.0 Å². The third-order valence-electron chi connectivity index (χ3n) is 4.97. The SMILES string of the molecule is Cc1ccc(C(=O)N2CCCN(C(=O)NCc3ccccc3)CC2)c(C)c1. The fourth-order valence-electron chi connectivity index (χ4n) is 3.43. The Morgan fingerprint density at radius 1 is 0.926 bits per heavy atom. The average Bonchev–Trinajstić information content (AvgIpc) is 2.93. The lowest BCUT2D eigenvalue weighted by molar-refractivity contribution is 0.0761. The lowest BCUT2D eigenvalue weighted by atomic mass is 10.0. The van der Waals surface area contributed by atoms with E-state index in [2.05, 4.69) is 5.32 Å². The summed E-state index contributed by atoms with van der Waals surface area (Å²) in [6.07, 6.45) is 0.787. The Morgan fingerprint density at radius 2 is 1.63 bits per heavy atom. The van der Waals surface area contributed by atoms with Crippen molar-refractivity contribution >= 4 is 11.9 Å². The van der Waals surface area contributed by atoms with Crippen LogP contribution in [0.25, 0.3) is 0 Å². The number of hydrogen-bond donors (Lipinski definition) is 1. The molecule has 1 heterocycles. The first kappa shape index (κ1) is 19.0. The first-order valence-corrected chi connectivity index (χ1v) is 9.48. The maximum absolute atomic E-state index is 12.9. The Balaban J connectivity index is 1.56. The molecule has 27 heavy (non-hydrogen) atoms. The number of aryl methyl sites for hydroxylation is 2. The number of urea groups is 1. The minimum atomic E-state index is -0.0698. The standard InChI is InChI=1S/C22H27N3O2/c1-17-9-10-20(18(2)15-17)21(26)24-11-6-12-25(14-13-24)22(27)23-16-19-7-4-3-5-8-19/h3-5,7-10,15H,6,11-14,16H2,1-2H3,(H,23,27). The monoisotopic (exact) mass is 365 g/mol. The number of carbonyl (C=O) groups is 2. The van der Waals surface area contributed by atoms with Gasteiger partial charge in [-0.05, 0) is 37.5 Å². The van der Waals surface area contributed by atoms with E-state index in [1.165, 1.54) is 0 Å². The maximum atomic E-state index is 12.9. The molecular weight excluding hydrogens is 338 g/mol. The summed E-state index contributed by atoms with van der Waals surface area (Å²) in [6.45, 7) is 6.97. The summed E-state index contributed by atoms with van der Waals surface area (Å²) in [6, 6.07) is 15.7. The zero-order valence-electron chi connectivity index (χ0n) is 16.1. The molecule has 1 fully saturated rings. The summed E-state index contributed by atoms with van der Waals surface area (Å²) in [5.41, 5.74) is 3.98. The van der Waals surface area contributed by atoms with Crippen LogP contribution >= 0.6 is 0 Å². The van der Waals surface area contributed by atoms with Crippen molar-refractivity contribution in [2.45, 2.75) is 26.8 Å². The minimum absolute atomic E-state index is 0.0547. The van der Waals surface area contributed by atoms with Gasteiger partial charge in [-0.2, -0.15) is 0 Å². The number of benzene rings is 2. The third-order valence-corrected chi connectivity index (χ3v) is 4.97. The van der Waals surface area contributed by atoms with E-state index in [0.717, 1.165) is 28.7 Å². The zero-order valence-corrected chi connectivity index (χ0v) is 16.1. The molecule has 5 nitrogen and oxygen atoms in total. The van der Waals surface area contributed by atoms with E-state index in [1.807, 2.05) is 67.3 Å². The summed E-state index contributed by atoms with van der Waals surface area (Å²) >= 11 is 0. The third kappa shape index (κ3) is 4.88. The highest BCUT2D eigenvalue weighted by Crippen LogP contribution is 2.15. The van der Waals surface area contributed by atoms with Gasteiger partial charge in [0.2, 0.25) is 0 Å². The van der Waals surface area contributed by atoms with E-state index in [0.29, 0.717) is 32.7 Å². The smallest absolute Gasteiger partial charge is 0.317 e. The second-order valence-corrected chi connectivity index (χ2v) is 7.10. The Kier molecular flexibility index (Phi) is 6.12. The highest BCUT2D eigenvalue weighted by Gasteiger charge is 2.23. The van der Waals surface area contributed by atoms with Crippen LogP contribution in [-0.2, 0) is 6.54 Å². The summed E-state index contributed by atoms with van der Waals surface area (Å²) in [7, 11) is 0. The van der Waals surface area contributed by atoms with Crippen LogP contribution in [-0.4, -0.2) is 47.9 Å². The molecule has 1 saturated heterocycles. The molecule has 0 aromatic heterocycles. The van der Waals surface area contributed by atoms with Crippen molar-refractivity contribution in [3.05, 3.63) is 70.8 Å². The molecule has 1 aliphatic heterocycles. The zero-order chi connectivity index (χ0) is 19.2. The van der Waals surface area contributed by atoms with Crippen molar-refractivity contribution in [3.8, 4) is 0 Å². The number of nitrogens with zero attached hydrogens (tertiary/aromatic N) is 2. The van der Waals surface area contributed by atoms with Gasteiger partial charge in [0.05, 0.1) is 0 Å². The number of carbonyl (C=O) groups excluding carboxylic acids is 2. The average molecular weight is 365 g/mol. The molecule has 0 atom stereocenters. The van der Waals surface area contributed by atoms with Crippen LogP contribution in [0.3, 0.4) is 0 Å². The predicted octanol–water partition coefficient (Wildman–Crippen LogP) is 3.36. The van der Waals surface area contributed by atoms with Gasteiger partial charge in [0.15, 0.2) is 0 Å². The summed E-state index contributed by atoms with van der Waals surface area (Å²) in [4.78, 5) is 29.0. The lowest BCUT2D eigenvalue weighted by Gasteiger charge is -2.23. The lowest BCUT2D eigenvalue weighted by Crippen LogP contribution is -2.42. The normalized spacial score (nSPS) is 14.6. The van der Waals surface area contributed by atoms with Gasteiger partial charge >= 0.3 is 6.03 Å². The van der Waals surface area contributed by atoms with Gasteiger partial charge in [0.25, 0.3) is 5.91 Å². The number of amides is 3. The van der Waals surface area contributed by atoms with Crippen LogP contribution in [0.2, 0.25) is 0 Å². The Morgan fingerprint density at radius 3 is 2.37 bits per heavy atom. The van der Waals surface area contributed by atoms with Crippen LogP contribution in [0.5, 0.6) is 0 Å². The van der Waals surface area contributed by atoms with Gasteiger partial charge in [-0.15, -0.1) is 0 Å². The molecule has 5 heteroatoms. The molecule has 2 aromatic rings. The molecule has 0 bridgehead atoms. The second kappa shape index (κ2) is 8.71. The van der Waals surface area contributed by atoms with Crippen LogP contribution in [0, 0.1) is 13.8 Å². The van der Waals surface area contributed by atoms with Crippen molar-refractivity contribution in [1.82, 2.24) is 15.1 Å². The van der Waals surface area contributed by atoms with Gasteiger partial charge in [0, 0.05) is 38.3 Å². The molecule has 1 N–H and O–H groups in total. The molecular formula is C22H27N3O2. The number of nitrogens with one attached hydrogen (secondary N) is 1. The molecule has 3 amide bonds. The quantitative estimate of drug-likeness (QED) is 0.907. The van der Waals surface area contributed by atoms with E-state index in [1.54, 1.807) is 4.90 Å². The van der Waals surface area contributed by atoms with Gasteiger partial charge < -0.3 is 15.1 Å². The predicted molar refractivity (Wildman–Crippen MR) is 107 cm³/mol. The van der Waals surface area contributed by atoms with Gasteiger partial charge in [-0.25, -0.2) is 4.79 Å². The first-order chi connectivity index (χ1) is 13.0. The molecule has 2 aromatic carbocycles. The van der Waals surface area contributed by atoms with Gasteiger partial charge in [0.1, 0.15) is 0 Å². The molecule has 3 rings (SSSR count). The summed E-state index contributed by atoms with van der Waals surface area (Å²) in [5.74, 6) is 0.0547. The fraction of sp³-hybridized carbons (Fsp3) is 0.364. The van der Waals surface area contributed by atoms with E-state index in [-0.39, 0.29) is 11.9 Å². The fourth-order valence-corrected chi connectivity index (χ4v) is 3.43. The largest absolute Gasteiger partial charge is 0.337 e.